The maximum absolute atomic E-state index is 14.6. The second kappa shape index (κ2) is 23.4. The fourth-order valence-electron chi connectivity index (χ4n) is 6.29. The van der Waals surface area contributed by atoms with Crippen molar-refractivity contribution in [1.82, 2.24) is 26.3 Å². The van der Waals surface area contributed by atoms with Crippen LogP contribution in [-0.4, -0.2) is 70.5 Å². The molecule has 0 radical (unpaired) electrons. The maximum atomic E-state index is 14.6. The molecule has 1 aromatic heterocycles. The first-order valence-corrected chi connectivity index (χ1v) is 20.9. The van der Waals surface area contributed by atoms with Crippen LogP contribution in [0.25, 0.3) is 23.1 Å². The number of carbonyl (C=O) groups is 9. The van der Waals surface area contributed by atoms with E-state index in [4.69, 9.17) is 23.7 Å². The summed E-state index contributed by atoms with van der Waals surface area (Å²) in [4.78, 5) is 118. The number of hydrogen-bond donors (Lipinski definition) is 5. The van der Waals surface area contributed by atoms with Crippen LogP contribution in [0.1, 0.15) is 78.5 Å². The minimum Gasteiger partial charge on any atom is -0.423 e. The highest BCUT2D eigenvalue weighted by Crippen LogP contribution is 2.40. The van der Waals surface area contributed by atoms with E-state index in [1.807, 2.05) is 26.0 Å². The smallest absolute Gasteiger partial charge is 0.308 e. The molecular formula is C46H48BrN5O14. The van der Waals surface area contributed by atoms with Gasteiger partial charge < -0.3 is 49.9 Å². The van der Waals surface area contributed by atoms with E-state index < -0.39 is 77.0 Å². The number of rotatable bonds is 18. The molecule has 348 valence electrons. The SMILES string of the molecule is CC(=O)N[C@@H](CC(C)C)C(=O)NC(=Cc1cc(OC(C)=O)c(OC(C)=O)c(OC(C)=O)c1)C(=O)N[C@@H](Cc1c[nH]c2cc(Br)ccc12)C(=O)N/C=C/c1ccc(OC(C)=O)c(OC(C)=O)c1. The van der Waals surface area contributed by atoms with Crippen molar-refractivity contribution in [3.8, 4) is 28.7 Å². The normalized spacial score (nSPS) is 12.1. The third-order valence-electron chi connectivity index (χ3n) is 8.76. The zero-order valence-electron chi connectivity index (χ0n) is 37.2. The van der Waals surface area contributed by atoms with Gasteiger partial charge in [-0.3, -0.25) is 43.2 Å². The van der Waals surface area contributed by atoms with Crippen LogP contribution in [0.3, 0.4) is 0 Å². The van der Waals surface area contributed by atoms with Gasteiger partial charge in [-0.2, -0.15) is 0 Å². The van der Waals surface area contributed by atoms with Gasteiger partial charge in [0, 0.05) is 75.7 Å². The molecule has 20 heteroatoms. The lowest BCUT2D eigenvalue weighted by atomic mass is 10.0. The predicted molar refractivity (Wildman–Crippen MR) is 241 cm³/mol. The van der Waals surface area contributed by atoms with E-state index in [2.05, 4.69) is 42.2 Å². The van der Waals surface area contributed by atoms with Crippen LogP contribution in [0.5, 0.6) is 28.7 Å². The number of aromatic amines is 1. The van der Waals surface area contributed by atoms with Gasteiger partial charge in [-0.05, 0) is 77.6 Å². The van der Waals surface area contributed by atoms with E-state index in [1.165, 1.54) is 63.4 Å². The average molecular weight is 975 g/mol. The first-order valence-electron chi connectivity index (χ1n) is 20.2. The van der Waals surface area contributed by atoms with Crippen molar-refractivity contribution in [3.05, 3.63) is 87.8 Å². The highest BCUT2D eigenvalue weighted by molar-refractivity contribution is 9.10. The quantitative estimate of drug-likeness (QED) is 0.0495. The van der Waals surface area contributed by atoms with Crippen molar-refractivity contribution in [3.63, 3.8) is 0 Å². The fraction of sp³-hybridized carbons (Fsp3) is 0.283. The van der Waals surface area contributed by atoms with Crippen molar-refractivity contribution in [2.75, 3.05) is 0 Å². The minimum atomic E-state index is -1.37. The Morgan fingerprint density at radius 3 is 1.80 bits per heavy atom. The lowest BCUT2D eigenvalue weighted by molar-refractivity contribution is -0.135. The average Bonchev–Trinajstić information content (AvgIpc) is 3.59. The summed E-state index contributed by atoms with van der Waals surface area (Å²) >= 11 is 3.44. The van der Waals surface area contributed by atoms with Crippen LogP contribution in [-0.2, 0) is 49.6 Å². The summed E-state index contributed by atoms with van der Waals surface area (Å²) in [6.45, 7) is 10.4. The molecule has 0 aliphatic rings. The molecule has 19 nitrogen and oxygen atoms in total. The molecule has 1 heterocycles. The first kappa shape index (κ1) is 51.0. The number of aromatic nitrogens is 1. The zero-order chi connectivity index (χ0) is 48.8. The third-order valence-corrected chi connectivity index (χ3v) is 9.26. The Hall–Kier alpha value is -7.61. The van der Waals surface area contributed by atoms with Gasteiger partial charge >= 0.3 is 29.8 Å². The van der Waals surface area contributed by atoms with Crippen molar-refractivity contribution < 1.29 is 66.8 Å². The van der Waals surface area contributed by atoms with Gasteiger partial charge in [0.2, 0.25) is 23.5 Å². The van der Waals surface area contributed by atoms with Crippen molar-refractivity contribution >= 4 is 92.5 Å². The van der Waals surface area contributed by atoms with Gasteiger partial charge in [0.1, 0.15) is 17.8 Å². The Morgan fingerprint density at radius 1 is 0.652 bits per heavy atom. The molecule has 0 fully saturated rings. The molecule has 66 heavy (non-hydrogen) atoms. The predicted octanol–water partition coefficient (Wildman–Crippen LogP) is 5.08. The van der Waals surface area contributed by atoms with E-state index in [9.17, 15) is 43.2 Å². The molecule has 4 aromatic rings. The number of fused-ring (bicyclic) bond motifs is 1. The number of ether oxygens (including phenoxy) is 5. The monoisotopic (exact) mass is 973 g/mol. The molecule has 0 aliphatic heterocycles. The summed E-state index contributed by atoms with van der Waals surface area (Å²) in [5.74, 6) is -8.34. The van der Waals surface area contributed by atoms with Crippen LogP contribution in [0.2, 0.25) is 0 Å². The van der Waals surface area contributed by atoms with Crippen LogP contribution in [0.4, 0.5) is 0 Å². The molecule has 0 saturated carbocycles. The Morgan fingerprint density at radius 2 is 1.23 bits per heavy atom. The summed E-state index contributed by atoms with van der Waals surface area (Å²) < 4.78 is 26.9. The van der Waals surface area contributed by atoms with Crippen molar-refractivity contribution in [2.45, 2.75) is 80.3 Å². The Kier molecular flexibility index (Phi) is 18.1. The molecular weight excluding hydrogens is 926 g/mol. The topological polar surface area (TPSA) is 264 Å². The zero-order valence-corrected chi connectivity index (χ0v) is 38.8. The number of benzene rings is 3. The number of hydrogen-bond acceptors (Lipinski definition) is 14. The molecule has 0 unspecified atom stereocenters. The van der Waals surface area contributed by atoms with Gasteiger partial charge in [-0.25, -0.2) is 0 Å². The molecule has 2 atom stereocenters. The van der Waals surface area contributed by atoms with E-state index >= 15 is 0 Å². The first-order chi connectivity index (χ1) is 31.1. The fourth-order valence-corrected chi connectivity index (χ4v) is 6.66. The van der Waals surface area contributed by atoms with Gasteiger partial charge in [0.25, 0.3) is 5.91 Å². The lowest BCUT2D eigenvalue weighted by Crippen LogP contribution is -2.51. The van der Waals surface area contributed by atoms with Gasteiger partial charge in [0.15, 0.2) is 23.0 Å². The Bertz CT molecular complexity index is 2600. The standard InChI is InChI=1S/C46H48BrN5O14/c1-23(2)15-36(50-24(3)53)45(60)51-37(16-31-18-41(64-27(6)56)43(66-29(8)58)42(19-31)65-28(7)57)46(61)52-38(20-32-22-49-35-21-33(47)10-11-34(32)35)44(59)48-14-13-30-9-12-39(62-25(4)54)40(17-30)63-26(5)55/h9-14,16-19,21-23,36,38,49H,15,20H2,1-8H3,(H,48,59)(H,50,53)(H,51,60)(H,52,61)/b14-13+,37-16?/t36-,38-/m0/s1. The van der Waals surface area contributed by atoms with Gasteiger partial charge in [0.05, 0.1) is 0 Å². The lowest BCUT2D eigenvalue weighted by Gasteiger charge is -2.22. The molecule has 5 N–H and O–H groups in total. The number of esters is 5. The second-order valence-electron chi connectivity index (χ2n) is 15.0. The highest BCUT2D eigenvalue weighted by Gasteiger charge is 2.28. The Balaban J connectivity index is 1.83. The summed E-state index contributed by atoms with van der Waals surface area (Å²) in [6.07, 6.45) is 5.58. The minimum absolute atomic E-state index is 0.0125. The second-order valence-corrected chi connectivity index (χ2v) is 15.9. The molecule has 0 spiro atoms. The van der Waals surface area contributed by atoms with Gasteiger partial charge in [-0.15, -0.1) is 0 Å². The van der Waals surface area contributed by atoms with Crippen LogP contribution < -0.4 is 45.0 Å². The molecule has 4 rings (SSSR count). The van der Waals surface area contributed by atoms with E-state index in [-0.39, 0.29) is 47.3 Å². The number of carbonyl (C=O) groups excluding carboxylic acids is 9. The van der Waals surface area contributed by atoms with Crippen molar-refractivity contribution in [2.24, 2.45) is 5.92 Å². The van der Waals surface area contributed by atoms with E-state index in [0.717, 1.165) is 42.2 Å². The number of H-pyrrole nitrogens is 1. The maximum Gasteiger partial charge on any atom is 0.308 e. The van der Waals surface area contributed by atoms with E-state index in [0.29, 0.717) is 11.1 Å². The number of amides is 4. The molecule has 3 aromatic carbocycles. The largest absolute Gasteiger partial charge is 0.423 e. The third kappa shape index (κ3) is 15.6. The summed E-state index contributed by atoms with van der Waals surface area (Å²) in [6, 6.07) is 9.62. The molecule has 0 bridgehead atoms. The van der Waals surface area contributed by atoms with Crippen molar-refractivity contribution in [1.29, 1.82) is 0 Å². The Labute approximate surface area is 387 Å². The molecule has 0 aliphatic carbocycles. The molecule has 0 saturated heterocycles. The van der Waals surface area contributed by atoms with Crippen LogP contribution in [0, 0.1) is 5.92 Å². The van der Waals surface area contributed by atoms with Crippen LogP contribution >= 0.6 is 15.9 Å². The van der Waals surface area contributed by atoms with Gasteiger partial charge in [-0.1, -0.05) is 41.9 Å². The van der Waals surface area contributed by atoms with Crippen LogP contribution in [0.15, 0.2) is 71.1 Å². The summed E-state index contributed by atoms with van der Waals surface area (Å²) in [5, 5.41) is 11.2. The molecule has 4 amide bonds. The number of halogens is 1. The number of nitrogens with one attached hydrogen (secondary N) is 5. The highest BCUT2D eigenvalue weighted by atomic mass is 79.9. The summed E-state index contributed by atoms with van der Waals surface area (Å²) in [7, 11) is 0. The van der Waals surface area contributed by atoms with E-state index in [1.54, 1.807) is 12.3 Å². The summed E-state index contributed by atoms with van der Waals surface area (Å²) in [5.41, 5.74) is 1.24.